The first-order valence-electron chi connectivity index (χ1n) is 7.27. The van der Waals surface area contributed by atoms with Gasteiger partial charge in [0.2, 0.25) is 0 Å². The Hall–Kier alpha value is -3.39. The van der Waals surface area contributed by atoms with Crippen LogP contribution < -0.4 is 10.1 Å². The highest BCUT2D eigenvalue weighted by Crippen LogP contribution is 2.26. The lowest BCUT2D eigenvalue weighted by Gasteiger charge is -2.16. The predicted molar refractivity (Wildman–Crippen MR) is 88.6 cm³/mol. The van der Waals surface area contributed by atoms with Crippen LogP contribution in [0.4, 0.5) is 10.1 Å². The summed E-state index contributed by atoms with van der Waals surface area (Å²) in [6.45, 7) is 0.284. The van der Waals surface area contributed by atoms with Gasteiger partial charge < -0.3 is 10.1 Å². The molecule has 5 heteroatoms. The van der Waals surface area contributed by atoms with Gasteiger partial charge in [-0.1, -0.05) is 18.2 Å². The van der Waals surface area contributed by atoms with Crippen molar-refractivity contribution in [2.45, 2.75) is 0 Å². The van der Waals surface area contributed by atoms with Crippen molar-refractivity contribution in [1.29, 1.82) is 5.26 Å². The summed E-state index contributed by atoms with van der Waals surface area (Å²) in [4.78, 5) is 12.2. The van der Waals surface area contributed by atoms with Gasteiger partial charge in [-0.15, -0.1) is 0 Å². The average Bonchev–Trinajstić information content (AvgIpc) is 2.61. The Morgan fingerprint density at radius 2 is 1.96 bits per heavy atom. The molecular weight excluding hydrogens is 307 g/mol. The second-order valence-corrected chi connectivity index (χ2v) is 5.18. The molecule has 2 aromatic carbocycles. The lowest BCUT2D eigenvalue weighted by Crippen LogP contribution is -2.15. The molecule has 0 unspecified atom stereocenters. The van der Waals surface area contributed by atoms with Gasteiger partial charge in [0.15, 0.2) is 0 Å². The molecular formula is C19H13FN2O2. The fraction of sp³-hybridized carbons (Fsp3) is 0.0526. The van der Waals surface area contributed by atoms with Crippen LogP contribution >= 0.6 is 0 Å². The molecule has 0 saturated heterocycles. The second-order valence-electron chi connectivity index (χ2n) is 5.18. The van der Waals surface area contributed by atoms with E-state index in [-0.39, 0.29) is 12.2 Å². The second kappa shape index (κ2) is 6.80. The molecule has 3 rings (SSSR count). The summed E-state index contributed by atoms with van der Waals surface area (Å²) in [7, 11) is 0. The lowest BCUT2D eigenvalue weighted by atomic mass is 10.1. The molecule has 1 aliphatic heterocycles. The summed E-state index contributed by atoms with van der Waals surface area (Å²) < 4.78 is 18.5. The minimum Gasteiger partial charge on any atom is -0.488 e. The molecule has 0 bridgehead atoms. The number of nitrogens with zero attached hydrogens (tertiary/aromatic N) is 1. The number of carbonyl (C=O) groups is 1. The molecule has 4 nitrogen and oxygen atoms in total. The van der Waals surface area contributed by atoms with Crippen LogP contribution in [-0.4, -0.2) is 12.5 Å². The molecule has 24 heavy (non-hydrogen) atoms. The largest absolute Gasteiger partial charge is 0.488 e. The standard InChI is InChI=1S/C19H13FN2O2/c20-16-5-7-17(8-6-16)22-19(23)15(11-21)10-13-9-14-3-1-2-4-18(14)24-12-13/h1-10H,12H2,(H,22,23). The smallest absolute Gasteiger partial charge is 0.266 e. The molecule has 0 fully saturated rings. The van der Waals surface area contributed by atoms with E-state index in [4.69, 9.17) is 4.74 Å². The quantitative estimate of drug-likeness (QED) is 0.693. The lowest BCUT2D eigenvalue weighted by molar-refractivity contribution is -0.112. The number of anilines is 1. The zero-order chi connectivity index (χ0) is 16.9. The number of hydrogen-bond acceptors (Lipinski definition) is 3. The van der Waals surface area contributed by atoms with Crippen LogP contribution in [0.3, 0.4) is 0 Å². The van der Waals surface area contributed by atoms with E-state index in [1.165, 1.54) is 30.3 Å². The van der Waals surface area contributed by atoms with Crippen LogP contribution in [0.2, 0.25) is 0 Å². The number of amides is 1. The van der Waals surface area contributed by atoms with E-state index in [1.807, 2.05) is 36.4 Å². The molecule has 1 N–H and O–H groups in total. The summed E-state index contributed by atoms with van der Waals surface area (Å²) in [6, 6.07) is 14.7. The zero-order valence-electron chi connectivity index (χ0n) is 12.6. The maximum atomic E-state index is 12.9. The Balaban J connectivity index is 1.80. The normalized spacial score (nSPS) is 13.2. The number of para-hydroxylation sites is 1. The molecule has 1 heterocycles. The van der Waals surface area contributed by atoms with Gasteiger partial charge in [0.25, 0.3) is 5.91 Å². The van der Waals surface area contributed by atoms with Crippen molar-refractivity contribution in [3.63, 3.8) is 0 Å². The van der Waals surface area contributed by atoms with Crippen LogP contribution in [0, 0.1) is 17.1 Å². The van der Waals surface area contributed by atoms with Crippen molar-refractivity contribution in [3.8, 4) is 11.8 Å². The van der Waals surface area contributed by atoms with Gasteiger partial charge >= 0.3 is 0 Å². The Kier molecular flexibility index (Phi) is 4.39. The number of halogens is 1. The first kappa shape index (κ1) is 15.5. The van der Waals surface area contributed by atoms with E-state index in [0.29, 0.717) is 5.69 Å². The molecule has 0 aromatic heterocycles. The first-order valence-corrected chi connectivity index (χ1v) is 7.27. The van der Waals surface area contributed by atoms with Crippen LogP contribution in [-0.2, 0) is 4.79 Å². The van der Waals surface area contributed by atoms with Gasteiger partial charge in [-0.05, 0) is 48.1 Å². The van der Waals surface area contributed by atoms with Crippen molar-refractivity contribution in [1.82, 2.24) is 0 Å². The Labute approximate surface area is 138 Å². The zero-order valence-corrected chi connectivity index (χ0v) is 12.6. The molecule has 0 aliphatic carbocycles. The topological polar surface area (TPSA) is 62.1 Å². The third kappa shape index (κ3) is 3.50. The number of nitriles is 1. The SMILES string of the molecule is N#CC(=CC1=Cc2ccccc2OC1)C(=O)Nc1ccc(F)cc1. The summed E-state index contributed by atoms with van der Waals surface area (Å²) in [5.74, 6) is -0.181. The molecule has 0 radical (unpaired) electrons. The predicted octanol–water partition coefficient (Wildman–Crippen LogP) is 3.69. The van der Waals surface area contributed by atoms with Crippen molar-refractivity contribution < 1.29 is 13.9 Å². The highest BCUT2D eigenvalue weighted by atomic mass is 19.1. The number of fused-ring (bicyclic) bond motifs is 1. The minimum atomic E-state index is -0.552. The monoisotopic (exact) mass is 320 g/mol. The van der Waals surface area contributed by atoms with Crippen LogP contribution in [0.15, 0.2) is 65.8 Å². The van der Waals surface area contributed by atoms with Crippen LogP contribution in [0.1, 0.15) is 5.56 Å². The third-order valence-corrected chi connectivity index (χ3v) is 3.45. The van der Waals surface area contributed by atoms with E-state index in [1.54, 1.807) is 0 Å². The highest BCUT2D eigenvalue weighted by molar-refractivity contribution is 6.07. The van der Waals surface area contributed by atoms with Crippen molar-refractivity contribution in [2.24, 2.45) is 0 Å². The number of ether oxygens (including phenoxy) is 1. The summed E-state index contributed by atoms with van der Waals surface area (Å²) in [6.07, 6.45) is 3.37. The minimum absolute atomic E-state index is 0.0476. The van der Waals surface area contributed by atoms with Crippen LogP contribution in [0.25, 0.3) is 6.08 Å². The van der Waals surface area contributed by atoms with Crippen LogP contribution in [0.5, 0.6) is 5.75 Å². The fourth-order valence-corrected chi connectivity index (χ4v) is 2.28. The van der Waals surface area contributed by atoms with Gasteiger partial charge in [0, 0.05) is 11.3 Å². The van der Waals surface area contributed by atoms with Gasteiger partial charge in [0.1, 0.15) is 29.8 Å². The van der Waals surface area contributed by atoms with Crippen molar-refractivity contribution in [2.75, 3.05) is 11.9 Å². The Morgan fingerprint density at radius 1 is 1.21 bits per heavy atom. The molecule has 0 spiro atoms. The number of benzene rings is 2. The first-order chi connectivity index (χ1) is 11.7. The maximum absolute atomic E-state index is 12.9. The third-order valence-electron chi connectivity index (χ3n) is 3.45. The highest BCUT2D eigenvalue weighted by Gasteiger charge is 2.14. The van der Waals surface area contributed by atoms with E-state index in [0.717, 1.165) is 16.9 Å². The Morgan fingerprint density at radius 3 is 2.71 bits per heavy atom. The number of carbonyl (C=O) groups excluding carboxylic acids is 1. The molecule has 1 amide bonds. The number of rotatable bonds is 3. The van der Waals surface area contributed by atoms with Gasteiger partial charge in [-0.2, -0.15) is 5.26 Å². The van der Waals surface area contributed by atoms with Gasteiger partial charge in [-0.3, -0.25) is 4.79 Å². The molecule has 118 valence electrons. The Bertz CT molecular complexity index is 877. The van der Waals surface area contributed by atoms with E-state index in [2.05, 4.69) is 5.32 Å². The summed E-state index contributed by atoms with van der Waals surface area (Å²) >= 11 is 0. The van der Waals surface area contributed by atoms with E-state index in [9.17, 15) is 14.4 Å². The molecule has 0 atom stereocenters. The molecule has 2 aromatic rings. The van der Waals surface area contributed by atoms with Gasteiger partial charge in [0.05, 0.1) is 0 Å². The maximum Gasteiger partial charge on any atom is 0.266 e. The number of hydrogen-bond donors (Lipinski definition) is 1. The molecule has 0 saturated carbocycles. The summed E-state index contributed by atoms with van der Waals surface area (Å²) in [5.41, 5.74) is 1.99. The van der Waals surface area contributed by atoms with Gasteiger partial charge in [-0.25, -0.2) is 4.39 Å². The van der Waals surface area contributed by atoms with Crippen molar-refractivity contribution in [3.05, 3.63) is 77.1 Å². The van der Waals surface area contributed by atoms with Crippen molar-refractivity contribution >= 4 is 17.7 Å². The average molecular weight is 320 g/mol. The summed E-state index contributed by atoms with van der Waals surface area (Å²) in [5, 5.41) is 11.8. The fourth-order valence-electron chi connectivity index (χ4n) is 2.28. The van der Waals surface area contributed by atoms with E-state index < -0.39 is 11.7 Å². The molecule has 1 aliphatic rings. The number of nitrogens with one attached hydrogen (secondary N) is 1. The van der Waals surface area contributed by atoms with E-state index >= 15 is 0 Å².